The van der Waals surface area contributed by atoms with Crippen LogP contribution >= 0.6 is 0 Å². The standard InChI is InChI=1S/C29H35N3O5/c1-29(2,3)37-28(35)32-8-6-18(7-9-32)20-15-23-22-5-4-19(27(34)31-10-12-36-13-11-31)14-21(22)17-24(23)25(16-20)26(30)33/h4-5,14-16,18H,6-13,17H2,1-3H3,(H2,30,33). The lowest BCUT2D eigenvalue weighted by Gasteiger charge is -2.34. The number of piperidine rings is 1. The number of benzene rings is 2. The van der Waals surface area contributed by atoms with Gasteiger partial charge < -0.3 is 25.0 Å². The van der Waals surface area contributed by atoms with Crippen LogP contribution < -0.4 is 5.73 Å². The largest absolute Gasteiger partial charge is 0.444 e. The topological polar surface area (TPSA) is 102 Å². The quantitative estimate of drug-likeness (QED) is 0.581. The third-order valence-electron chi connectivity index (χ3n) is 7.46. The third-order valence-corrected chi connectivity index (χ3v) is 7.46. The van der Waals surface area contributed by atoms with Crippen LogP contribution in [0.5, 0.6) is 0 Å². The molecule has 0 aromatic heterocycles. The Morgan fingerprint density at radius 2 is 1.65 bits per heavy atom. The first kappa shape index (κ1) is 25.3. The van der Waals surface area contributed by atoms with E-state index in [1.807, 2.05) is 49.9 Å². The molecule has 0 unspecified atom stereocenters. The minimum Gasteiger partial charge on any atom is -0.444 e. The van der Waals surface area contributed by atoms with Crippen LogP contribution in [0.2, 0.25) is 0 Å². The summed E-state index contributed by atoms with van der Waals surface area (Å²) in [7, 11) is 0. The lowest BCUT2D eigenvalue weighted by molar-refractivity contribution is 0.0204. The van der Waals surface area contributed by atoms with Gasteiger partial charge in [0.15, 0.2) is 0 Å². The first-order valence-electron chi connectivity index (χ1n) is 13.1. The van der Waals surface area contributed by atoms with Crippen LogP contribution in [0, 0.1) is 0 Å². The van der Waals surface area contributed by atoms with E-state index in [-0.39, 0.29) is 17.9 Å². The number of carbonyl (C=O) groups excluding carboxylic acids is 3. The van der Waals surface area contributed by atoms with Crippen molar-refractivity contribution in [3.63, 3.8) is 0 Å². The highest BCUT2D eigenvalue weighted by atomic mass is 16.6. The van der Waals surface area contributed by atoms with Gasteiger partial charge in [0.25, 0.3) is 5.91 Å². The molecule has 2 saturated heterocycles. The van der Waals surface area contributed by atoms with Crippen molar-refractivity contribution in [1.82, 2.24) is 9.80 Å². The fourth-order valence-corrected chi connectivity index (χ4v) is 5.58. The summed E-state index contributed by atoms with van der Waals surface area (Å²) >= 11 is 0. The van der Waals surface area contributed by atoms with Gasteiger partial charge >= 0.3 is 6.09 Å². The van der Waals surface area contributed by atoms with Gasteiger partial charge in [-0.25, -0.2) is 4.79 Å². The molecular weight excluding hydrogens is 470 g/mol. The highest BCUT2D eigenvalue weighted by molar-refractivity contribution is 6.00. The Bertz CT molecular complexity index is 1230. The number of amides is 3. The third kappa shape index (κ3) is 5.21. The molecule has 2 aliphatic heterocycles. The number of primary amides is 1. The zero-order valence-corrected chi connectivity index (χ0v) is 21.8. The number of hydrogen-bond acceptors (Lipinski definition) is 5. The molecule has 8 nitrogen and oxygen atoms in total. The van der Waals surface area contributed by atoms with Crippen LogP contribution in [0.3, 0.4) is 0 Å². The van der Waals surface area contributed by atoms with E-state index in [0.717, 1.165) is 40.7 Å². The number of nitrogens with two attached hydrogens (primary N) is 1. The van der Waals surface area contributed by atoms with Crippen LogP contribution in [0.4, 0.5) is 4.79 Å². The Kier molecular flexibility index (Phi) is 6.70. The fourth-order valence-electron chi connectivity index (χ4n) is 5.58. The summed E-state index contributed by atoms with van der Waals surface area (Å²) in [6.07, 6.45) is 1.87. The Hall–Kier alpha value is -3.39. The molecule has 0 atom stereocenters. The minimum atomic E-state index is -0.523. The Morgan fingerprint density at radius 3 is 2.30 bits per heavy atom. The maximum Gasteiger partial charge on any atom is 0.410 e. The van der Waals surface area contributed by atoms with Crippen molar-refractivity contribution in [2.24, 2.45) is 5.73 Å². The van der Waals surface area contributed by atoms with Gasteiger partial charge in [0, 0.05) is 37.3 Å². The first-order valence-corrected chi connectivity index (χ1v) is 13.1. The molecule has 0 saturated carbocycles. The monoisotopic (exact) mass is 505 g/mol. The van der Waals surface area contributed by atoms with Crippen LogP contribution in [0.15, 0.2) is 30.3 Å². The summed E-state index contributed by atoms with van der Waals surface area (Å²) in [5, 5.41) is 0. The van der Waals surface area contributed by atoms with Crippen molar-refractivity contribution < 1.29 is 23.9 Å². The van der Waals surface area contributed by atoms with E-state index in [0.29, 0.717) is 56.9 Å². The predicted molar refractivity (Wildman–Crippen MR) is 140 cm³/mol. The van der Waals surface area contributed by atoms with Crippen LogP contribution in [0.25, 0.3) is 11.1 Å². The zero-order chi connectivity index (χ0) is 26.3. The maximum atomic E-state index is 13.0. The van der Waals surface area contributed by atoms with E-state index in [4.69, 9.17) is 15.2 Å². The molecule has 2 aromatic rings. The molecule has 2 aromatic carbocycles. The van der Waals surface area contributed by atoms with Crippen molar-refractivity contribution in [2.75, 3.05) is 39.4 Å². The van der Waals surface area contributed by atoms with Gasteiger partial charge in [-0.3, -0.25) is 9.59 Å². The normalized spacial score (nSPS) is 17.8. The van der Waals surface area contributed by atoms with Gasteiger partial charge in [0.2, 0.25) is 5.91 Å². The number of nitrogens with zero attached hydrogens (tertiary/aromatic N) is 2. The van der Waals surface area contributed by atoms with E-state index < -0.39 is 11.5 Å². The molecule has 1 aliphatic carbocycles. The molecule has 5 rings (SSSR count). The smallest absolute Gasteiger partial charge is 0.410 e. The van der Waals surface area contributed by atoms with Gasteiger partial charge in [-0.2, -0.15) is 0 Å². The SMILES string of the molecule is CC(C)(C)OC(=O)N1CCC(c2cc(C(N)=O)c3c(c2)-c2ccc(C(=O)N4CCOCC4)cc2C3)CC1. The van der Waals surface area contributed by atoms with Crippen molar-refractivity contribution >= 4 is 17.9 Å². The van der Waals surface area contributed by atoms with E-state index in [2.05, 4.69) is 6.07 Å². The molecule has 2 N–H and O–H groups in total. The zero-order valence-electron chi connectivity index (χ0n) is 21.8. The van der Waals surface area contributed by atoms with Crippen molar-refractivity contribution in [3.05, 3.63) is 58.1 Å². The number of fused-ring (bicyclic) bond motifs is 3. The van der Waals surface area contributed by atoms with Crippen molar-refractivity contribution in [3.8, 4) is 11.1 Å². The van der Waals surface area contributed by atoms with E-state index in [1.54, 1.807) is 4.90 Å². The second-order valence-corrected chi connectivity index (χ2v) is 11.2. The number of rotatable bonds is 3. The lowest BCUT2D eigenvalue weighted by Crippen LogP contribution is -2.41. The number of carbonyl (C=O) groups is 3. The lowest BCUT2D eigenvalue weighted by atomic mass is 9.85. The molecule has 2 heterocycles. The molecule has 8 heteroatoms. The van der Waals surface area contributed by atoms with Crippen molar-refractivity contribution in [1.29, 1.82) is 0 Å². The van der Waals surface area contributed by atoms with Crippen LogP contribution in [0.1, 0.15) is 76.9 Å². The average molecular weight is 506 g/mol. The maximum absolute atomic E-state index is 13.0. The van der Waals surface area contributed by atoms with E-state index in [1.165, 1.54) is 0 Å². The molecule has 3 aliphatic rings. The summed E-state index contributed by atoms with van der Waals surface area (Å²) in [6, 6.07) is 9.93. The summed E-state index contributed by atoms with van der Waals surface area (Å²) in [4.78, 5) is 41.6. The fraction of sp³-hybridized carbons (Fsp3) is 0.483. The molecule has 0 spiro atoms. The van der Waals surface area contributed by atoms with Gasteiger partial charge in [-0.05, 0) is 92.0 Å². The highest BCUT2D eigenvalue weighted by Crippen LogP contribution is 2.42. The molecule has 37 heavy (non-hydrogen) atoms. The van der Waals surface area contributed by atoms with Gasteiger partial charge in [0.1, 0.15) is 5.60 Å². The first-order chi connectivity index (χ1) is 17.6. The van der Waals surface area contributed by atoms with Crippen LogP contribution in [-0.4, -0.2) is 72.7 Å². The summed E-state index contributed by atoms with van der Waals surface area (Å²) < 4.78 is 10.9. The number of hydrogen-bond donors (Lipinski definition) is 1. The molecule has 0 bridgehead atoms. The van der Waals surface area contributed by atoms with Gasteiger partial charge in [-0.1, -0.05) is 12.1 Å². The molecule has 2 fully saturated rings. The van der Waals surface area contributed by atoms with Gasteiger partial charge in [0.05, 0.1) is 13.2 Å². The summed E-state index contributed by atoms with van der Waals surface area (Å²) in [5.41, 5.74) is 11.6. The number of likely N-dealkylation sites (tertiary alicyclic amines) is 1. The molecule has 3 amide bonds. The number of ether oxygens (including phenoxy) is 2. The predicted octanol–water partition coefficient (Wildman–Crippen LogP) is 3.94. The van der Waals surface area contributed by atoms with Crippen molar-refractivity contribution in [2.45, 2.75) is 51.6 Å². The summed E-state index contributed by atoms with van der Waals surface area (Å²) in [6.45, 7) is 9.12. The molecule has 196 valence electrons. The van der Waals surface area contributed by atoms with E-state index >= 15 is 0 Å². The Balaban J connectivity index is 1.38. The summed E-state index contributed by atoms with van der Waals surface area (Å²) in [5.74, 6) is -0.218. The molecule has 0 radical (unpaired) electrons. The second kappa shape index (κ2) is 9.82. The van der Waals surface area contributed by atoms with Crippen LogP contribution in [-0.2, 0) is 15.9 Å². The number of morpholine rings is 1. The highest BCUT2D eigenvalue weighted by Gasteiger charge is 2.31. The minimum absolute atomic E-state index is 0.00890. The molecular formula is C29H35N3O5. The average Bonchev–Trinajstić information content (AvgIpc) is 3.25. The van der Waals surface area contributed by atoms with Gasteiger partial charge in [-0.15, -0.1) is 0 Å². The Labute approximate surface area is 217 Å². The van der Waals surface area contributed by atoms with E-state index in [9.17, 15) is 14.4 Å². The second-order valence-electron chi connectivity index (χ2n) is 11.2. The Morgan fingerprint density at radius 1 is 0.946 bits per heavy atom.